The number of unbranched alkanes of at least 4 members (excludes halogenated alkanes) is 1. The summed E-state index contributed by atoms with van der Waals surface area (Å²) < 4.78 is 0. The molecule has 0 radical (unpaired) electrons. The van der Waals surface area contributed by atoms with E-state index in [-0.39, 0.29) is 0 Å². The highest BCUT2D eigenvalue weighted by molar-refractivity contribution is 7.98. The van der Waals surface area contributed by atoms with E-state index in [0.717, 1.165) is 57.2 Å². The predicted octanol–water partition coefficient (Wildman–Crippen LogP) is 2.74. The minimum atomic E-state index is 0.518. The van der Waals surface area contributed by atoms with E-state index in [0.29, 0.717) is 6.04 Å². The molecule has 1 aromatic rings. The van der Waals surface area contributed by atoms with Crippen LogP contribution in [0.15, 0.2) is 29.4 Å². The normalized spacial score (nSPS) is 16.8. The maximum Gasteiger partial charge on any atom is 0.191 e. The Balaban J connectivity index is 1.71. The lowest BCUT2D eigenvalue weighted by Gasteiger charge is -2.32. The van der Waals surface area contributed by atoms with Crippen molar-refractivity contribution in [3.05, 3.63) is 30.1 Å². The van der Waals surface area contributed by atoms with E-state index in [4.69, 9.17) is 4.99 Å². The van der Waals surface area contributed by atoms with Crippen LogP contribution >= 0.6 is 11.8 Å². The minimum Gasteiger partial charge on any atom is -0.357 e. The lowest BCUT2D eigenvalue weighted by Crippen LogP contribution is -2.48. The van der Waals surface area contributed by atoms with E-state index in [2.05, 4.69) is 45.8 Å². The van der Waals surface area contributed by atoms with Gasteiger partial charge in [-0.05, 0) is 56.7 Å². The summed E-state index contributed by atoms with van der Waals surface area (Å²) in [4.78, 5) is 11.7. The van der Waals surface area contributed by atoms with Crippen molar-refractivity contribution in [1.29, 1.82) is 0 Å². The minimum absolute atomic E-state index is 0.518. The number of nitrogens with zero attached hydrogens (tertiary/aromatic N) is 3. The van der Waals surface area contributed by atoms with Crippen LogP contribution in [0.25, 0.3) is 0 Å². The number of guanidine groups is 1. The highest BCUT2D eigenvalue weighted by Crippen LogP contribution is 2.13. The molecule has 0 saturated carbocycles. The van der Waals surface area contributed by atoms with Crippen molar-refractivity contribution >= 4 is 17.7 Å². The van der Waals surface area contributed by atoms with E-state index >= 15 is 0 Å². The number of aromatic nitrogens is 1. The molecule has 0 aliphatic carbocycles. The Kier molecular flexibility index (Phi) is 9.74. The number of likely N-dealkylation sites (tertiary alicyclic amines) is 1. The van der Waals surface area contributed by atoms with Gasteiger partial charge in [0.15, 0.2) is 5.96 Å². The zero-order valence-corrected chi connectivity index (χ0v) is 16.5. The van der Waals surface area contributed by atoms with Gasteiger partial charge in [0.2, 0.25) is 0 Å². The summed E-state index contributed by atoms with van der Waals surface area (Å²) in [5.41, 5.74) is 1.16. The van der Waals surface area contributed by atoms with E-state index in [1.165, 1.54) is 18.6 Å². The van der Waals surface area contributed by atoms with Gasteiger partial charge in [-0.2, -0.15) is 11.8 Å². The summed E-state index contributed by atoms with van der Waals surface area (Å²) in [5.74, 6) is 2.21. The zero-order chi connectivity index (χ0) is 17.7. The van der Waals surface area contributed by atoms with Crippen LogP contribution in [0.5, 0.6) is 0 Å². The highest BCUT2D eigenvalue weighted by Gasteiger charge is 2.20. The molecule has 1 aromatic heterocycles. The smallest absolute Gasteiger partial charge is 0.191 e. The number of thioether (sulfide) groups is 1. The van der Waals surface area contributed by atoms with Gasteiger partial charge in [0.1, 0.15) is 0 Å². The van der Waals surface area contributed by atoms with Gasteiger partial charge >= 0.3 is 0 Å². The maximum atomic E-state index is 4.73. The van der Waals surface area contributed by atoms with Crippen LogP contribution in [0.2, 0.25) is 0 Å². The van der Waals surface area contributed by atoms with E-state index in [1.54, 1.807) is 0 Å². The van der Waals surface area contributed by atoms with E-state index < -0.39 is 0 Å². The molecule has 25 heavy (non-hydrogen) atoms. The van der Waals surface area contributed by atoms with Gasteiger partial charge < -0.3 is 10.6 Å². The van der Waals surface area contributed by atoms with Crippen LogP contribution in [-0.4, -0.2) is 60.1 Å². The molecule has 1 fully saturated rings. The number of rotatable bonds is 9. The van der Waals surface area contributed by atoms with Crippen LogP contribution in [0, 0.1) is 0 Å². The topological polar surface area (TPSA) is 52.6 Å². The fourth-order valence-electron chi connectivity index (χ4n) is 3.02. The van der Waals surface area contributed by atoms with Crippen molar-refractivity contribution < 1.29 is 0 Å². The molecular formula is C19H33N5S. The molecule has 0 aromatic carbocycles. The molecule has 1 aliphatic rings. The third-order valence-corrected chi connectivity index (χ3v) is 5.11. The lowest BCUT2D eigenvalue weighted by molar-refractivity contribution is 0.196. The highest BCUT2D eigenvalue weighted by atomic mass is 32.2. The first-order valence-electron chi connectivity index (χ1n) is 9.48. The summed E-state index contributed by atoms with van der Waals surface area (Å²) >= 11 is 1.91. The summed E-state index contributed by atoms with van der Waals surface area (Å²) in [5, 5.41) is 7.01. The average Bonchev–Trinajstić information content (AvgIpc) is 2.64. The van der Waals surface area contributed by atoms with Crippen molar-refractivity contribution in [2.24, 2.45) is 4.99 Å². The Bertz CT molecular complexity index is 486. The largest absolute Gasteiger partial charge is 0.357 e. The fraction of sp³-hybridized carbons (Fsp3) is 0.684. The monoisotopic (exact) mass is 363 g/mol. The number of piperidine rings is 1. The molecule has 0 spiro atoms. The molecule has 0 atom stereocenters. The van der Waals surface area contributed by atoms with Crippen molar-refractivity contribution in [3.8, 4) is 0 Å². The quantitative estimate of drug-likeness (QED) is 0.401. The van der Waals surface area contributed by atoms with Gasteiger partial charge in [0.25, 0.3) is 0 Å². The van der Waals surface area contributed by atoms with Crippen molar-refractivity contribution in [1.82, 2.24) is 20.5 Å². The second-order valence-corrected chi connectivity index (χ2v) is 7.46. The van der Waals surface area contributed by atoms with E-state index in [9.17, 15) is 0 Å². The van der Waals surface area contributed by atoms with Gasteiger partial charge in [-0.25, -0.2) is 0 Å². The number of hydrogen-bond donors (Lipinski definition) is 2. The Morgan fingerprint density at radius 2 is 2.16 bits per heavy atom. The molecule has 6 heteroatoms. The molecular weight excluding hydrogens is 330 g/mol. The Hall–Kier alpha value is -1.27. The number of pyridine rings is 1. The lowest BCUT2D eigenvalue weighted by atomic mass is 10.0. The van der Waals surface area contributed by atoms with Gasteiger partial charge in [0.05, 0.1) is 5.69 Å². The summed E-state index contributed by atoms with van der Waals surface area (Å²) in [6.45, 7) is 7.13. The van der Waals surface area contributed by atoms with Crippen LogP contribution < -0.4 is 10.6 Å². The molecule has 0 amide bonds. The molecule has 5 nitrogen and oxygen atoms in total. The van der Waals surface area contributed by atoms with Crippen LogP contribution in [-0.2, 0) is 6.54 Å². The summed E-state index contributed by atoms with van der Waals surface area (Å²) in [6, 6.07) is 6.67. The van der Waals surface area contributed by atoms with Crippen LogP contribution in [0.3, 0.4) is 0 Å². The Labute approximate surface area is 157 Å². The van der Waals surface area contributed by atoms with Gasteiger partial charge in [-0.3, -0.25) is 14.9 Å². The number of aliphatic imine (C=N–C) groups is 1. The molecule has 2 rings (SSSR count). The fourth-order valence-corrected chi connectivity index (χ4v) is 3.51. The van der Waals surface area contributed by atoms with Crippen molar-refractivity contribution in [2.45, 2.75) is 45.2 Å². The van der Waals surface area contributed by atoms with Crippen molar-refractivity contribution in [2.75, 3.05) is 38.2 Å². The number of hydrogen-bond acceptors (Lipinski definition) is 4. The molecule has 1 saturated heterocycles. The van der Waals surface area contributed by atoms with Gasteiger partial charge in [-0.15, -0.1) is 0 Å². The number of nitrogens with one attached hydrogen (secondary N) is 2. The average molecular weight is 364 g/mol. The van der Waals surface area contributed by atoms with Gasteiger partial charge in [0, 0.05) is 45.0 Å². The molecule has 140 valence electrons. The third-order valence-electron chi connectivity index (χ3n) is 4.41. The van der Waals surface area contributed by atoms with Crippen LogP contribution in [0.1, 0.15) is 38.3 Å². The van der Waals surface area contributed by atoms with Crippen molar-refractivity contribution in [3.63, 3.8) is 0 Å². The SMILES string of the molecule is CCNC(=NCCCCSC)NC1CCN(Cc2ccccn2)CC1. The molecule has 2 N–H and O–H groups in total. The Morgan fingerprint density at radius 1 is 1.32 bits per heavy atom. The second-order valence-electron chi connectivity index (χ2n) is 6.48. The summed E-state index contributed by atoms with van der Waals surface area (Å²) in [6.07, 6.45) is 8.76. The first-order valence-corrected chi connectivity index (χ1v) is 10.9. The third kappa shape index (κ3) is 8.10. The first kappa shape index (κ1) is 20.0. The maximum absolute atomic E-state index is 4.73. The van der Waals surface area contributed by atoms with Gasteiger partial charge in [-0.1, -0.05) is 6.07 Å². The molecule has 0 bridgehead atoms. The predicted molar refractivity (Wildman–Crippen MR) is 109 cm³/mol. The van der Waals surface area contributed by atoms with Crippen LogP contribution in [0.4, 0.5) is 0 Å². The molecule has 2 heterocycles. The first-order chi connectivity index (χ1) is 12.3. The van der Waals surface area contributed by atoms with E-state index in [1.807, 2.05) is 24.0 Å². The standard InChI is InChI=1S/C19H33N5S/c1-3-20-19(22-12-6-7-15-25-2)23-17-9-13-24(14-10-17)16-18-8-4-5-11-21-18/h4-5,8,11,17H,3,6-7,9-10,12-16H2,1-2H3,(H2,20,22,23). The molecule has 0 unspecified atom stereocenters. The summed E-state index contributed by atoms with van der Waals surface area (Å²) in [7, 11) is 0. The zero-order valence-electron chi connectivity index (χ0n) is 15.7. The second kappa shape index (κ2) is 12.1. The Morgan fingerprint density at radius 3 is 2.84 bits per heavy atom. The molecule has 1 aliphatic heterocycles.